The van der Waals surface area contributed by atoms with Gasteiger partial charge in [-0.25, -0.2) is 0 Å². The molecule has 1 atom stereocenters. The predicted molar refractivity (Wildman–Crippen MR) is 102 cm³/mol. The van der Waals surface area contributed by atoms with E-state index in [1.54, 1.807) is 13.8 Å². The first-order valence-electron chi connectivity index (χ1n) is 11.7. The van der Waals surface area contributed by atoms with Crippen LogP contribution < -0.4 is 0 Å². The van der Waals surface area contributed by atoms with Gasteiger partial charge in [0.15, 0.2) is 0 Å². The van der Waals surface area contributed by atoms with Crippen LogP contribution in [0.5, 0.6) is 0 Å². The topological polar surface area (TPSA) is 0 Å². The van der Waals surface area contributed by atoms with E-state index in [1.165, 1.54) is 0 Å². The molecule has 0 aromatic carbocycles. The molecule has 0 radical (unpaired) electrons. The Morgan fingerprint density at radius 2 is 0.690 bits per heavy atom. The number of halogens is 21. The van der Waals surface area contributed by atoms with Gasteiger partial charge < -0.3 is 0 Å². The summed E-state index contributed by atoms with van der Waals surface area (Å²) < 4.78 is 281. The third-order valence-electron chi connectivity index (χ3n) is 6.47. The van der Waals surface area contributed by atoms with Gasteiger partial charge in [-0.2, -0.15) is 92.2 Å². The van der Waals surface area contributed by atoms with Crippen LogP contribution >= 0.6 is 0 Å². The lowest BCUT2D eigenvalue weighted by Crippen LogP contribution is -2.76. The maximum atomic E-state index is 13.9. The van der Waals surface area contributed by atoms with Crippen LogP contribution in [0.1, 0.15) is 65.2 Å². The van der Waals surface area contributed by atoms with Crippen LogP contribution in [0.4, 0.5) is 92.2 Å². The minimum Gasteiger partial charge on any atom is -0.200 e. The number of hydrogen-bond acceptors (Lipinski definition) is 0. The van der Waals surface area contributed by atoms with Gasteiger partial charge in [-0.15, -0.1) is 0 Å². The fourth-order valence-corrected chi connectivity index (χ4v) is 3.57. The Kier molecular flexibility index (Phi) is 11.7. The molecule has 21 heteroatoms. The molecule has 0 unspecified atom stereocenters. The molecule has 42 heavy (non-hydrogen) atoms. The molecule has 0 aliphatic rings. The maximum absolute atomic E-state index is 13.9. The zero-order valence-corrected chi connectivity index (χ0v) is 21.2. The molecule has 0 heterocycles. The molecule has 0 N–H and O–H groups in total. The summed E-state index contributed by atoms with van der Waals surface area (Å²) >= 11 is 0. The summed E-state index contributed by atoms with van der Waals surface area (Å²) in [6.45, 7) is 3.38. The van der Waals surface area contributed by atoms with Gasteiger partial charge in [0, 0.05) is 6.42 Å². The van der Waals surface area contributed by atoms with Gasteiger partial charge in [-0.05, 0) is 12.3 Å². The first kappa shape index (κ1) is 40.5. The lowest BCUT2D eigenvalue weighted by atomic mass is 9.85. The molecule has 0 spiro atoms. The number of alkyl halides is 21. The van der Waals surface area contributed by atoms with Crippen LogP contribution in [0, 0.1) is 5.92 Å². The van der Waals surface area contributed by atoms with Gasteiger partial charge in [-0.1, -0.05) is 52.4 Å². The minimum absolute atomic E-state index is 0.0130. The van der Waals surface area contributed by atoms with Crippen molar-refractivity contribution in [1.29, 1.82) is 0 Å². The van der Waals surface area contributed by atoms with Crippen molar-refractivity contribution in [2.75, 3.05) is 0 Å². The Morgan fingerprint density at radius 1 is 0.381 bits per heavy atom. The van der Waals surface area contributed by atoms with Crippen molar-refractivity contribution in [3.05, 3.63) is 0 Å². The van der Waals surface area contributed by atoms with Crippen molar-refractivity contribution in [3.8, 4) is 0 Å². The zero-order valence-electron chi connectivity index (χ0n) is 21.2. The van der Waals surface area contributed by atoms with E-state index in [0.29, 0.717) is 25.7 Å². The van der Waals surface area contributed by atoms with Crippen LogP contribution in [0.15, 0.2) is 0 Å². The zero-order chi connectivity index (χ0) is 34.2. The molecule has 0 aromatic heterocycles. The molecule has 0 amide bonds. The molecule has 0 saturated heterocycles. The smallest absolute Gasteiger partial charge is 0.200 e. The molecule has 254 valence electrons. The molecule has 0 aliphatic heterocycles. The highest BCUT2D eigenvalue weighted by molar-refractivity contribution is 5.17. The summed E-state index contributed by atoms with van der Waals surface area (Å²) in [4.78, 5) is 0. The average molecular weight is 674 g/mol. The van der Waals surface area contributed by atoms with Crippen LogP contribution in [0.2, 0.25) is 0 Å². The highest BCUT2D eigenvalue weighted by Gasteiger charge is 2.97. The highest BCUT2D eigenvalue weighted by Crippen LogP contribution is 2.66. The molecule has 0 rings (SSSR count). The van der Waals surface area contributed by atoms with Crippen molar-refractivity contribution < 1.29 is 92.2 Å². The largest absolute Gasteiger partial charge is 0.460 e. The van der Waals surface area contributed by atoms with Crippen molar-refractivity contribution in [2.24, 2.45) is 5.92 Å². The molecule has 0 saturated carbocycles. The van der Waals surface area contributed by atoms with E-state index in [0.717, 1.165) is 0 Å². The maximum Gasteiger partial charge on any atom is 0.460 e. The van der Waals surface area contributed by atoms with Gasteiger partial charge in [0.05, 0.1) is 0 Å². The lowest BCUT2D eigenvalue weighted by molar-refractivity contribution is -0.474. The van der Waals surface area contributed by atoms with Crippen LogP contribution in [-0.2, 0) is 0 Å². The minimum atomic E-state index is -9.13. The monoisotopic (exact) mass is 674 g/mol. The van der Waals surface area contributed by atoms with E-state index in [-0.39, 0.29) is 12.3 Å². The van der Waals surface area contributed by atoms with E-state index in [9.17, 15) is 92.2 Å². The Morgan fingerprint density at radius 3 is 1.00 bits per heavy atom. The van der Waals surface area contributed by atoms with Crippen molar-refractivity contribution in [3.63, 3.8) is 0 Å². The quantitative estimate of drug-likeness (QED) is 0.106. The molecular weight excluding hydrogens is 651 g/mol. The lowest BCUT2D eigenvalue weighted by Gasteiger charge is -2.44. The summed E-state index contributed by atoms with van der Waals surface area (Å²) in [5, 5.41) is 0. The molecule has 0 fully saturated rings. The molecule has 0 aromatic rings. The third-order valence-corrected chi connectivity index (χ3v) is 6.47. The average Bonchev–Trinajstić information content (AvgIpc) is 2.81. The van der Waals surface area contributed by atoms with E-state index in [4.69, 9.17) is 0 Å². The standard InChI is InChI=1S/C21H23F21/c1-3-5-8-11(4-2)9-6-7-10-12(22,23)13(24,25)14(26,27)15(28,29)16(30,31)17(32,33)18(34,35)19(36,37)20(38,39)21(40,41)42/h11H,3-10H2,1-2H3/t11-/m0/s1. The molecule has 0 nitrogen and oxygen atoms in total. The Labute approximate surface area is 224 Å². The second-order valence-corrected chi connectivity index (χ2v) is 9.46. The number of unbranched alkanes of at least 4 members (excludes halogenated alkanes) is 2. The van der Waals surface area contributed by atoms with Crippen LogP contribution in [0.25, 0.3) is 0 Å². The summed E-state index contributed by atoms with van der Waals surface area (Å²) in [5.41, 5.74) is 0. The summed E-state index contributed by atoms with van der Waals surface area (Å²) in [7, 11) is 0. The third kappa shape index (κ3) is 6.20. The molecule has 0 bridgehead atoms. The second kappa shape index (κ2) is 12.1. The summed E-state index contributed by atoms with van der Waals surface area (Å²) in [5.74, 6) is -76.5. The van der Waals surface area contributed by atoms with Crippen LogP contribution in [-0.4, -0.2) is 59.5 Å². The van der Waals surface area contributed by atoms with Crippen molar-refractivity contribution >= 4 is 0 Å². The van der Waals surface area contributed by atoms with Crippen LogP contribution in [0.3, 0.4) is 0 Å². The molecular formula is C21H23F21. The fraction of sp³-hybridized carbons (Fsp3) is 1.00. The Bertz CT molecular complexity index is 870. The summed E-state index contributed by atoms with van der Waals surface area (Å²) in [6.07, 6.45) is -9.99. The van der Waals surface area contributed by atoms with Gasteiger partial charge in [0.25, 0.3) is 0 Å². The van der Waals surface area contributed by atoms with E-state index in [1.807, 2.05) is 0 Å². The van der Waals surface area contributed by atoms with E-state index in [2.05, 4.69) is 0 Å². The SMILES string of the molecule is CCCC[C@H](CC)CCCCC(F)(F)C(F)(F)C(F)(F)C(F)(F)C(F)(F)C(F)(F)C(F)(F)C(F)(F)C(F)(F)C(F)(F)F. The Balaban J connectivity index is 6.46. The van der Waals surface area contributed by atoms with Gasteiger partial charge in [0.2, 0.25) is 0 Å². The van der Waals surface area contributed by atoms with Crippen molar-refractivity contribution in [1.82, 2.24) is 0 Å². The highest BCUT2D eigenvalue weighted by atomic mass is 19.4. The fourth-order valence-electron chi connectivity index (χ4n) is 3.57. The molecule has 0 aliphatic carbocycles. The Hall–Kier alpha value is -1.47. The van der Waals surface area contributed by atoms with Crippen molar-refractivity contribution in [2.45, 2.75) is 125 Å². The van der Waals surface area contributed by atoms with Gasteiger partial charge >= 0.3 is 59.5 Å². The summed E-state index contributed by atoms with van der Waals surface area (Å²) in [6, 6.07) is 0. The van der Waals surface area contributed by atoms with Gasteiger partial charge in [-0.3, -0.25) is 0 Å². The number of hydrogen-bond donors (Lipinski definition) is 0. The van der Waals surface area contributed by atoms with Gasteiger partial charge in [0.1, 0.15) is 0 Å². The first-order chi connectivity index (χ1) is 18.2. The number of rotatable bonds is 17. The normalized spacial score (nSPS) is 16.6. The van der Waals surface area contributed by atoms with E-state index >= 15 is 0 Å². The second-order valence-electron chi connectivity index (χ2n) is 9.46. The predicted octanol–water partition coefficient (Wildman–Crippen LogP) is 11.0. The first-order valence-corrected chi connectivity index (χ1v) is 11.7. The van der Waals surface area contributed by atoms with E-state index < -0.39 is 78.7 Å².